The third-order valence-electron chi connectivity index (χ3n) is 4.11. The van der Waals surface area contributed by atoms with E-state index in [1.54, 1.807) is 25.3 Å². The molecule has 0 radical (unpaired) electrons. The number of phenols is 1. The average molecular weight is 329 g/mol. The molecule has 0 aliphatic heterocycles. The molecular weight excluding hydrogens is 314 g/mol. The maximum Gasteiger partial charge on any atom is 0.142 e. The van der Waals surface area contributed by atoms with Crippen molar-refractivity contribution in [3.8, 4) is 23.6 Å². The molecule has 0 aliphatic carbocycles. The van der Waals surface area contributed by atoms with Crippen LogP contribution in [0.3, 0.4) is 0 Å². The lowest BCUT2D eigenvalue weighted by Crippen LogP contribution is -2.00. The van der Waals surface area contributed by atoms with Crippen molar-refractivity contribution in [2.45, 2.75) is 6.92 Å². The molecule has 0 spiro atoms. The predicted octanol–water partition coefficient (Wildman–Crippen LogP) is 4.35. The highest BCUT2D eigenvalue weighted by Crippen LogP contribution is 2.39. The molecule has 0 amide bonds. The van der Waals surface area contributed by atoms with Crippen LogP contribution >= 0.6 is 0 Å². The summed E-state index contributed by atoms with van der Waals surface area (Å²) < 4.78 is 5.21. The Kier molecular flexibility index (Phi) is 4.16. The standard InChI is InChI=1S/C20H15N3O2/c1-12-9-13(25-2)7-8-18(12)23-19-14-5-3-4-6-15(14)20(24)17(11-22)16(19)10-21/h3-9,23-24H,1-2H3. The molecule has 25 heavy (non-hydrogen) atoms. The van der Waals surface area contributed by atoms with Gasteiger partial charge < -0.3 is 15.2 Å². The van der Waals surface area contributed by atoms with E-state index in [0.29, 0.717) is 16.5 Å². The Morgan fingerprint density at radius 1 is 1.00 bits per heavy atom. The molecule has 5 nitrogen and oxygen atoms in total. The van der Waals surface area contributed by atoms with E-state index in [2.05, 4.69) is 5.32 Å². The Labute approximate surface area is 145 Å². The van der Waals surface area contributed by atoms with E-state index < -0.39 is 0 Å². The number of fused-ring (bicyclic) bond motifs is 1. The molecule has 0 heterocycles. The lowest BCUT2D eigenvalue weighted by atomic mass is 9.97. The van der Waals surface area contributed by atoms with Gasteiger partial charge in [0.25, 0.3) is 0 Å². The maximum absolute atomic E-state index is 10.4. The number of methoxy groups -OCH3 is 1. The van der Waals surface area contributed by atoms with Crippen LogP contribution < -0.4 is 10.1 Å². The largest absolute Gasteiger partial charge is 0.506 e. The van der Waals surface area contributed by atoms with Gasteiger partial charge in [0, 0.05) is 16.5 Å². The summed E-state index contributed by atoms with van der Waals surface area (Å²) in [6.45, 7) is 1.92. The smallest absolute Gasteiger partial charge is 0.142 e. The summed E-state index contributed by atoms with van der Waals surface area (Å²) in [7, 11) is 1.60. The number of nitriles is 2. The topological polar surface area (TPSA) is 89.1 Å². The lowest BCUT2D eigenvalue weighted by molar-refractivity contribution is 0.414. The Morgan fingerprint density at radius 3 is 2.28 bits per heavy atom. The molecule has 0 unspecified atom stereocenters. The second-order valence-electron chi connectivity index (χ2n) is 5.55. The van der Waals surface area contributed by atoms with Gasteiger partial charge in [0.05, 0.1) is 18.4 Å². The van der Waals surface area contributed by atoms with Crippen LogP contribution in [0.2, 0.25) is 0 Å². The summed E-state index contributed by atoms with van der Waals surface area (Å²) in [5, 5.41) is 33.8. The zero-order valence-electron chi connectivity index (χ0n) is 13.8. The van der Waals surface area contributed by atoms with E-state index in [9.17, 15) is 15.6 Å². The molecule has 3 rings (SSSR count). The van der Waals surface area contributed by atoms with Crippen molar-refractivity contribution in [2.24, 2.45) is 0 Å². The molecule has 0 bridgehead atoms. The van der Waals surface area contributed by atoms with E-state index in [-0.39, 0.29) is 16.9 Å². The number of nitrogens with one attached hydrogen (secondary N) is 1. The SMILES string of the molecule is COc1ccc(Nc2c(C#N)c(C#N)c(O)c3ccccc23)c(C)c1. The van der Waals surface area contributed by atoms with Crippen LogP contribution in [-0.2, 0) is 0 Å². The quantitative estimate of drug-likeness (QED) is 0.697. The first-order valence-corrected chi connectivity index (χ1v) is 7.60. The zero-order valence-corrected chi connectivity index (χ0v) is 13.8. The fraction of sp³-hybridized carbons (Fsp3) is 0.100. The third-order valence-corrected chi connectivity index (χ3v) is 4.11. The van der Waals surface area contributed by atoms with Gasteiger partial charge in [0.2, 0.25) is 0 Å². The number of aryl methyl sites for hydroxylation is 1. The van der Waals surface area contributed by atoms with Gasteiger partial charge in [0.1, 0.15) is 29.2 Å². The molecule has 0 saturated heterocycles. The van der Waals surface area contributed by atoms with Gasteiger partial charge >= 0.3 is 0 Å². The highest BCUT2D eigenvalue weighted by molar-refractivity contribution is 6.03. The van der Waals surface area contributed by atoms with Gasteiger partial charge in [-0.25, -0.2) is 0 Å². The number of phenolic OH excluding ortho intramolecular Hbond substituents is 1. The van der Waals surface area contributed by atoms with Crippen molar-refractivity contribution in [3.63, 3.8) is 0 Å². The molecule has 2 N–H and O–H groups in total. The molecule has 5 heteroatoms. The van der Waals surface area contributed by atoms with Crippen LogP contribution in [0.25, 0.3) is 10.8 Å². The first kappa shape index (κ1) is 16.2. The van der Waals surface area contributed by atoms with Gasteiger partial charge in [0.15, 0.2) is 0 Å². The molecule has 0 atom stereocenters. The molecule has 122 valence electrons. The summed E-state index contributed by atoms with van der Waals surface area (Å²) in [4.78, 5) is 0. The van der Waals surface area contributed by atoms with Crippen LogP contribution in [0.15, 0.2) is 42.5 Å². The number of aromatic hydroxyl groups is 1. The van der Waals surface area contributed by atoms with Gasteiger partial charge in [-0.15, -0.1) is 0 Å². The number of hydrogen-bond donors (Lipinski definition) is 2. The minimum Gasteiger partial charge on any atom is -0.506 e. The van der Waals surface area contributed by atoms with E-state index in [4.69, 9.17) is 4.74 Å². The summed E-state index contributed by atoms with van der Waals surface area (Å²) >= 11 is 0. The number of benzene rings is 3. The van der Waals surface area contributed by atoms with Crippen LogP contribution in [0, 0.1) is 29.6 Å². The minimum atomic E-state index is -0.174. The molecule has 3 aromatic carbocycles. The van der Waals surface area contributed by atoms with Gasteiger partial charge in [-0.3, -0.25) is 0 Å². The summed E-state index contributed by atoms with van der Waals surface area (Å²) in [6, 6.07) is 16.6. The highest BCUT2D eigenvalue weighted by atomic mass is 16.5. The molecular formula is C20H15N3O2. The van der Waals surface area contributed by atoms with Crippen molar-refractivity contribution in [1.29, 1.82) is 10.5 Å². The van der Waals surface area contributed by atoms with Crippen molar-refractivity contribution < 1.29 is 9.84 Å². The Bertz CT molecular complexity index is 1060. The van der Waals surface area contributed by atoms with Crippen molar-refractivity contribution in [3.05, 3.63) is 59.2 Å². The number of hydrogen-bond acceptors (Lipinski definition) is 5. The van der Waals surface area contributed by atoms with Crippen molar-refractivity contribution in [2.75, 3.05) is 12.4 Å². The number of rotatable bonds is 3. The minimum absolute atomic E-state index is 0.0325. The van der Waals surface area contributed by atoms with E-state index in [1.807, 2.05) is 43.3 Å². The van der Waals surface area contributed by atoms with E-state index in [0.717, 1.165) is 17.0 Å². The first-order valence-electron chi connectivity index (χ1n) is 7.60. The van der Waals surface area contributed by atoms with E-state index >= 15 is 0 Å². The van der Waals surface area contributed by atoms with Gasteiger partial charge in [-0.2, -0.15) is 10.5 Å². The lowest BCUT2D eigenvalue weighted by Gasteiger charge is -2.16. The van der Waals surface area contributed by atoms with Gasteiger partial charge in [-0.05, 0) is 30.7 Å². The Morgan fingerprint density at radius 2 is 1.68 bits per heavy atom. The normalized spacial score (nSPS) is 10.1. The number of nitrogens with zero attached hydrogens (tertiary/aromatic N) is 2. The zero-order chi connectivity index (χ0) is 18.0. The second kappa shape index (κ2) is 6.43. The van der Waals surface area contributed by atoms with Crippen LogP contribution in [0.4, 0.5) is 11.4 Å². The Balaban J connectivity index is 2.27. The first-order chi connectivity index (χ1) is 12.1. The predicted molar refractivity (Wildman–Crippen MR) is 96.1 cm³/mol. The summed E-state index contributed by atoms with van der Waals surface area (Å²) in [6.07, 6.45) is 0. The van der Waals surface area contributed by atoms with Gasteiger partial charge in [-0.1, -0.05) is 24.3 Å². The highest BCUT2D eigenvalue weighted by Gasteiger charge is 2.19. The monoisotopic (exact) mass is 329 g/mol. The van der Waals surface area contributed by atoms with Crippen molar-refractivity contribution in [1.82, 2.24) is 0 Å². The molecule has 0 saturated carbocycles. The molecule has 0 aromatic heterocycles. The third kappa shape index (κ3) is 2.69. The Hall–Kier alpha value is -3.70. The van der Waals surface area contributed by atoms with Crippen molar-refractivity contribution >= 4 is 22.1 Å². The van der Waals surface area contributed by atoms with Crippen LogP contribution in [0.5, 0.6) is 11.5 Å². The molecule has 0 aliphatic rings. The fourth-order valence-electron chi connectivity index (χ4n) is 2.81. The van der Waals surface area contributed by atoms with E-state index in [1.165, 1.54) is 0 Å². The number of anilines is 2. The van der Waals surface area contributed by atoms with Crippen LogP contribution in [0.1, 0.15) is 16.7 Å². The maximum atomic E-state index is 10.4. The fourth-order valence-corrected chi connectivity index (χ4v) is 2.81. The molecule has 3 aromatic rings. The average Bonchev–Trinajstić information content (AvgIpc) is 2.64. The summed E-state index contributed by atoms with van der Waals surface area (Å²) in [5.74, 6) is 0.559. The summed E-state index contributed by atoms with van der Waals surface area (Å²) in [5.41, 5.74) is 2.31. The number of ether oxygens (including phenoxy) is 1. The van der Waals surface area contributed by atoms with Crippen LogP contribution in [-0.4, -0.2) is 12.2 Å². The molecule has 0 fully saturated rings. The second-order valence-corrected chi connectivity index (χ2v) is 5.55.